The number of aromatic nitrogens is 2. The number of fused-ring (bicyclic) bond motifs is 1. The van der Waals surface area contributed by atoms with Crippen LogP contribution in [0.2, 0.25) is 5.15 Å². The number of nitrogens with zero attached hydrogens (tertiary/aromatic N) is 5. The van der Waals surface area contributed by atoms with Gasteiger partial charge in [-0.3, -0.25) is 9.69 Å². The molecule has 2 fully saturated rings. The summed E-state index contributed by atoms with van der Waals surface area (Å²) in [6.45, 7) is 6.14. The molecule has 4 heterocycles. The number of piperidine rings is 1. The normalized spacial score (nSPS) is 17.0. The van der Waals surface area contributed by atoms with Crippen molar-refractivity contribution in [1.29, 1.82) is 0 Å². The van der Waals surface area contributed by atoms with Gasteiger partial charge in [0.1, 0.15) is 11.0 Å². The first-order valence-corrected chi connectivity index (χ1v) is 17.4. The summed E-state index contributed by atoms with van der Waals surface area (Å²) in [7, 11) is 0. The lowest BCUT2D eigenvalue weighted by atomic mass is 9.90. The van der Waals surface area contributed by atoms with Crippen LogP contribution in [-0.2, 0) is 18.7 Å². The number of halogens is 1. The van der Waals surface area contributed by atoms with Gasteiger partial charge in [-0.15, -0.1) is 0 Å². The second-order valence-electron chi connectivity index (χ2n) is 12.2. The summed E-state index contributed by atoms with van der Waals surface area (Å²) in [6, 6.07) is 26.6. The molecule has 10 heteroatoms. The van der Waals surface area contributed by atoms with Gasteiger partial charge in [-0.25, -0.2) is 9.97 Å². The zero-order valence-corrected chi connectivity index (χ0v) is 27.4. The topological polar surface area (TPSA) is 71.0 Å². The average Bonchev–Trinajstić information content (AvgIpc) is 3.56. The summed E-state index contributed by atoms with van der Waals surface area (Å²) in [4.78, 5) is 29.2. The number of carbonyl (C=O) groups is 1. The van der Waals surface area contributed by atoms with Crippen LogP contribution in [0.15, 0.2) is 84.0 Å². The molecule has 1 amide bonds. The lowest BCUT2D eigenvalue weighted by molar-refractivity contribution is 0.0628. The van der Waals surface area contributed by atoms with Crippen molar-refractivity contribution in [1.82, 2.24) is 19.8 Å². The van der Waals surface area contributed by atoms with Gasteiger partial charge in [0, 0.05) is 63.2 Å². The minimum atomic E-state index is 0.0808. The van der Waals surface area contributed by atoms with Crippen molar-refractivity contribution >= 4 is 35.1 Å². The molecule has 0 spiro atoms. The van der Waals surface area contributed by atoms with E-state index in [-0.39, 0.29) is 12.7 Å². The number of anilines is 1. The first kappa shape index (κ1) is 30.8. The highest BCUT2D eigenvalue weighted by Gasteiger charge is 2.24. The highest BCUT2D eigenvalue weighted by molar-refractivity contribution is 7.98. The van der Waals surface area contributed by atoms with E-state index in [1.54, 1.807) is 11.8 Å². The molecule has 2 saturated heterocycles. The minimum absolute atomic E-state index is 0.0808. The fourth-order valence-electron chi connectivity index (χ4n) is 6.41. The van der Waals surface area contributed by atoms with Crippen LogP contribution in [0.3, 0.4) is 0 Å². The van der Waals surface area contributed by atoms with Crippen LogP contribution in [0.1, 0.15) is 39.9 Å². The third-order valence-electron chi connectivity index (χ3n) is 9.04. The van der Waals surface area contributed by atoms with Gasteiger partial charge in [-0.2, -0.15) is 0 Å². The first-order chi connectivity index (χ1) is 22.6. The summed E-state index contributed by atoms with van der Waals surface area (Å²) < 4.78 is 10.9. The monoisotopic (exact) mass is 655 g/mol. The molecule has 0 N–H and O–H groups in total. The Morgan fingerprint density at radius 1 is 0.804 bits per heavy atom. The number of amides is 1. The Morgan fingerprint density at radius 2 is 1.54 bits per heavy atom. The zero-order valence-electron chi connectivity index (χ0n) is 25.8. The Balaban J connectivity index is 0.878. The van der Waals surface area contributed by atoms with Crippen molar-refractivity contribution in [3.63, 3.8) is 0 Å². The molecule has 0 atom stereocenters. The van der Waals surface area contributed by atoms with Crippen molar-refractivity contribution in [2.24, 2.45) is 5.92 Å². The number of hydrogen-bond donors (Lipinski definition) is 0. The SMILES string of the molecule is O=C(c1ccc(CSc2nc(Cl)cc(N3CCC(Cc4ccccc4)CC3)n2)cc1)N1CCN(Cc2ccc3c(c2)OCO3)CC1. The largest absolute Gasteiger partial charge is 0.454 e. The number of thioether (sulfide) groups is 1. The van der Waals surface area contributed by atoms with Crippen LogP contribution in [0, 0.1) is 5.92 Å². The van der Waals surface area contributed by atoms with Crippen LogP contribution >= 0.6 is 23.4 Å². The highest BCUT2D eigenvalue weighted by atomic mass is 35.5. The Kier molecular flexibility index (Phi) is 9.60. The lowest BCUT2D eigenvalue weighted by Gasteiger charge is -2.34. The third kappa shape index (κ3) is 7.60. The van der Waals surface area contributed by atoms with Gasteiger partial charge in [-0.05, 0) is 66.1 Å². The van der Waals surface area contributed by atoms with E-state index in [0.717, 1.165) is 80.4 Å². The van der Waals surface area contributed by atoms with E-state index >= 15 is 0 Å². The maximum absolute atomic E-state index is 13.3. The molecule has 3 aliphatic rings. The number of piperazine rings is 1. The van der Waals surface area contributed by atoms with Crippen molar-refractivity contribution in [2.45, 2.75) is 36.7 Å². The quantitative estimate of drug-likeness (QED) is 0.114. The first-order valence-electron chi connectivity index (χ1n) is 16.0. The van der Waals surface area contributed by atoms with Crippen molar-refractivity contribution in [2.75, 3.05) is 51.0 Å². The lowest BCUT2D eigenvalue weighted by Crippen LogP contribution is -2.48. The third-order valence-corrected chi connectivity index (χ3v) is 10.2. The van der Waals surface area contributed by atoms with Crippen LogP contribution < -0.4 is 14.4 Å². The molecule has 7 rings (SSSR count). The molecule has 0 unspecified atom stereocenters. The number of rotatable bonds is 9. The molecule has 4 aromatic rings. The van der Waals surface area contributed by atoms with Gasteiger partial charge in [0.2, 0.25) is 6.79 Å². The second kappa shape index (κ2) is 14.3. The number of benzene rings is 3. The summed E-state index contributed by atoms with van der Waals surface area (Å²) in [5, 5.41) is 1.14. The molecule has 238 valence electrons. The molecule has 3 aliphatic heterocycles. The predicted octanol–water partition coefficient (Wildman–Crippen LogP) is 6.57. The van der Waals surface area contributed by atoms with E-state index in [0.29, 0.717) is 35.1 Å². The summed E-state index contributed by atoms with van der Waals surface area (Å²) >= 11 is 8.01. The van der Waals surface area contributed by atoms with Crippen LogP contribution in [0.4, 0.5) is 5.82 Å². The standard InChI is InChI=1S/C36H38ClN5O3S/c37-33-22-34(41-14-12-27(13-15-41)20-26-4-2-1-3-5-26)39-36(38-33)46-24-28-6-9-30(10-7-28)35(43)42-18-16-40(17-19-42)23-29-8-11-31-32(21-29)45-25-44-31/h1-11,21-22,27H,12-20,23-25H2. The summed E-state index contributed by atoms with van der Waals surface area (Å²) in [6.07, 6.45) is 3.41. The van der Waals surface area contributed by atoms with E-state index in [2.05, 4.69) is 51.2 Å². The Morgan fingerprint density at radius 3 is 2.33 bits per heavy atom. The van der Waals surface area contributed by atoms with Crippen LogP contribution in [0.5, 0.6) is 11.5 Å². The Hall–Kier alpha value is -3.79. The molecule has 0 aliphatic carbocycles. The fraction of sp³-hybridized carbons (Fsp3) is 0.361. The van der Waals surface area contributed by atoms with Crippen molar-refractivity contribution < 1.29 is 14.3 Å². The Bertz CT molecular complexity index is 1640. The number of carbonyl (C=O) groups excluding carboxylic acids is 1. The van der Waals surface area contributed by atoms with Gasteiger partial charge in [0.15, 0.2) is 16.7 Å². The molecule has 0 saturated carbocycles. The van der Waals surface area contributed by atoms with Crippen molar-refractivity contribution in [3.05, 3.63) is 106 Å². The molecular formula is C36H38ClN5O3S. The molecule has 0 radical (unpaired) electrons. The second-order valence-corrected chi connectivity index (χ2v) is 13.5. The molecule has 1 aromatic heterocycles. The van der Waals surface area contributed by atoms with Gasteiger partial charge in [-0.1, -0.05) is 71.9 Å². The van der Waals surface area contributed by atoms with E-state index in [1.807, 2.05) is 47.4 Å². The van der Waals surface area contributed by atoms with E-state index < -0.39 is 0 Å². The minimum Gasteiger partial charge on any atom is -0.454 e. The zero-order chi connectivity index (χ0) is 31.3. The van der Waals surface area contributed by atoms with E-state index in [4.69, 9.17) is 26.1 Å². The molecular weight excluding hydrogens is 618 g/mol. The van der Waals surface area contributed by atoms with Gasteiger partial charge >= 0.3 is 0 Å². The van der Waals surface area contributed by atoms with Gasteiger partial charge in [0.25, 0.3) is 5.91 Å². The molecule has 8 nitrogen and oxygen atoms in total. The van der Waals surface area contributed by atoms with Crippen molar-refractivity contribution in [3.8, 4) is 11.5 Å². The summed E-state index contributed by atoms with van der Waals surface area (Å²) in [5.74, 6) is 3.98. The smallest absolute Gasteiger partial charge is 0.253 e. The van der Waals surface area contributed by atoms with Crippen LogP contribution in [-0.4, -0.2) is 71.7 Å². The Labute approximate surface area is 279 Å². The number of ether oxygens (including phenoxy) is 2. The maximum atomic E-state index is 13.3. The molecule has 46 heavy (non-hydrogen) atoms. The maximum Gasteiger partial charge on any atom is 0.253 e. The fourth-order valence-corrected chi connectivity index (χ4v) is 7.44. The van der Waals surface area contributed by atoms with Gasteiger partial charge in [0.05, 0.1) is 0 Å². The molecule has 0 bridgehead atoms. The predicted molar refractivity (Wildman–Crippen MR) is 182 cm³/mol. The van der Waals surface area contributed by atoms with E-state index in [1.165, 1.54) is 11.1 Å². The molecule has 3 aromatic carbocycles. The van der Waals surface area contributed by atoms with Gasteiger partial charge < -0.3 is 19.3 Å². The average molecular weight is 656 g/mol. The highest BCUT2D eigenvalue weighted by Crippen LogP contribution is 2.33. The van der Waals surface area contributed by atoms with E-state index in [9.17, 15) is 4.79 Å². The summed E-state index contributed by atoms with van der Waals surface area (Å²) in [5.41, 5.74) is 4.43. The van der Waals surface area contributed by atoms with Crippen LogP contribution in [0.25, 0.3) is 0 Å². The number of hydrogen-bond acceptors (Lipinski definition) is 8.